The smallest absolute Gasteiger partial charge is 0.338 e. The van der Waals surface area contributed by atoms with Crippen molar-refractivity contribution >= 4 is 5.97 Å². The van der Waals surface area contributed by atoms with Crippen LogP contribution in [-0.2, 0) is 4.74 Å². The van der Waals surface area contributed by atoms with Crippen molar-refractivity contribution in [3.05, 3.63) is 71.8 Å². The number of piperidine rings is 1. The number of rotatable bonds is 3. The summed E-state index contributed by atoms with van der Waals surface area (Å²) in [7, 11) is 0. The van der Waals surface area contributed by atoms with Gasteiger partial charge < -0.3 is 10.1 Å². The number of esters is 1. The Labute approximate surface area is 124 Å². The highest BCUT2D eigenvalue weighted by atomic mass is 16.5. The van der Waals surface area contributed by atoms with Gasteiger partial charge in [0.25, 0.3) is 0 Å². The van der Waals surface area contributed by atoms with Crippen LogP contribution in [0.4, 0.5) is 0 Å². The number of nitrogens with one attached hydrogen (secondary N) is 1. The van der Waals surface area contributed by atoms with Crippen molar-refractivity contribution in [2.24, 2.45) is 0 Å². The second-order valence-corrected chi connectivity index (χ2v) is 5.32. The van der Waals surface area contributed by atoms with Crippen molar-refractivity contribution in [3.8, 4) is 0 Å². The van der Waals surface area contributed by atoms with Gasteiger partial charge in [0.2, 0.25) is 0 Å². The molecule has 3 heteroatoms. The van der Waals surface area contributed by atoms with Gasteiger partial charge in [0.15, 0.2) is 0 Å². The molecule has 2 aromatic carbocycles. The first-order valence-corrected chi connectivity index (χ1v) is 7.36. The third-order valence-electron chi connectivity index (χ3n) is 3.92. The zero-order chi connectivity index (χ0) is 14.5. The average Bonchev–Trinajstić information content (AvgIpc) is 2.57. The van der Waals surface area contributed by atoms with E-state index in [4.69, 9.17) is 4.74 Å². The number of hydrogen-bond acceptors (Lipinski definition) is 3. The Bertz CT molecular complexity index is 583. The van der Waals surface area contributed by atoms with E-state index >= 15 is 0 Å². The molecule has 2 aromatic rings. The largest absolute Gasteiger partial charge is 0.457 e. The maximum absolute atomic E-state index is 12.2. The molecule has 0 bridgehead atoms. The summed E-state index contributed by atoms with van der Waals surface area (Å²) in [6, 6.07) is 19.5. The van der Waals surface area contributed by atoms with Crippen LogP contribution in [0.2, 0.25) is 0 Å². The molecule has 3 nitrogen and oxygen atoms in total. The van der Waals surface area contributed by atoms with Gasteiger partial charge in [-0.1, -0.05) is 48.5 Å². The van der Waals surface area contributed by atoms with Gasteiger partial charge in [-0.25, -0.2) is 4.79 Å². The van der Waals surface area contributed by atoms with E-state index in [1.54, 1.807) is 12.1 Å². The standard InChI is InChI=1S/C18H19NO2/c20-18(15-9-5-2-6-10-15)21-17-13-19-12-11-16(17)14-7-3-1-4-8-14/h1-10,16-17,19H,11-13H2/t16-,17+/m1/s1. The minimum absolute atomic E-state index is 0.117. The van der Waals surface area contributed by atoms with Crippen LogP contribution in [0.5, 0.6) is 0 Å². The molecular weight excluding hydrogens is 262 g/mol. The van der Waals surface area contributed by atoms with Crippen LogP contribution in [0.25, 0.3) is 0 Å². The van der Waals surface area contributed by atoms with E-state index in [-0.39, 0.29) is 18.0 Å². The molecule has 108 valence electrons. The quantitative estimate of drug-likeness (QED) is 0.879. The Morgan fingerprint density at radius 1 is 1.00 bits per heavy atom. The molecule has 0 unspecified atom stereocenters. The predicted octanol–water partition coefficient (Wildman–Crippen LogP) is 2.99. The molecule has 0 saturated carbocycles. The summed E-state index contributed by atoms with van der Waals surface area (Å²) in [5.74, 6) is 0.0188. The third kappa shape index (κ3) is 3.31. The molecule has 0 amide bonds. The summed E-state index contributed by atoms with van der Waals surface area (Å²) in [6.45, 7) is 1.66. The summed E-state index contributed by atoms with van der Waals surface area (Å²) >= 11 is 0. The Morgan fingerprint density at radius 3 is 2.38 bits per heavy atom. The summed E-state index contributed by atoms with van der Waals surface area (Å²) in [4.78, 5) is 12.2. The molecule has 1 saturated heterocycles. The fourth-order valence-electron chi connectivity index (χ4n) is 2.82. The van der Waals surface area contributed by atoms with Crippen molar-refractivity contribution in [2.45, 2.75) is 18.4 Å². The minimum atomic E-state index is -0.245. The van der Waals surface area contributed by atoms with Gasteiger partial charge in [-0.3, -0.25) is 0 Å². The van der Waals surface area contributed by atoms with Crippen molar-refractivity contribution in [1.82, 2.24) is 5.32 Å². The van der Waals surface area contributed by atoms with E-state index in [9.17, 15) is 4.79 Å². The number of benzene rings is 2. The van der Waals surface area contributed by atoms with E-state index in [0.717, 1.165) is 13.0 Å². The third-order valence-corrected chi connectivity index (χ3v) is 3.92. The number of ether oxygens (including phenoxy) is 1. The monoisotopic (exact) mass is 281 g/mol. The highest BCUT2D eigenvalue weighted by Crippen LogP contribution is 2.28. The summed E-state index contributed by atoms with van der Waals surface area (Å²) < 4.78 is 5.74. The highest BCUT2D eigenvalue weighted by molar-refractivity contribution is 5.89. The fourth-order valence-corrected chi connectivity index (χ4v) is 2.82. The lowest BCUT2D eigenvalue weighted by Crippen LogP contribution is -2.42. The summed E-state index contributed by atoms with van der Waals surface area (Å²) in [5, 5.41) is 3.31. The van der Waals surface area contributed by atoms with Gasteiger partial charge in [-0.05, 0) is 30.7 Å². The Hall–Kier alpha value is -2.13. The summed E-state index contributed by atoms with van der Waals surface area (Å²) in [5.41, 5.74) is 1.85. The van der Waals surface area contributed by atoms with E-state index < -0.39 is 0 Å². The lowest BCUT2D eigenvalue weighted by Gasteiger charge is -2.32. The van der Waals surface area contributed by atoms with Gasteiger partial charge in [-0.2, -0.15) is 0 Å². The first kappa shape index (κ1) is 13.8. The summed E-state index contributed by atoms with van der Waals surface area (Å²) in [6.07, 6.45) is 0.866. The van der Waals surface area contributed by atoms with E-state index in [1.165, 1.54) is 5.56 Å². The van der Waals surface area contributed by atoms with Crippen LogP contribution in [-0.4, -0.2) is 25.2 Å². The van der Waals surface area contributed by atoms with Gasteiger partial charge >= 0.3 is 5.97 Å². The van der Waals surface area contributed by atoms with E-state index in [2.05, 4.69) is 17.4 Å². The number of carbonyl (C=O) groups excluding carboxylic acids is 1. The van der Waals surface area contributed by atoms with Crippen LogP contribution in [0.3, 0.4) is 0 Å². The van der Waals surface area contributed by atoms with Crippen LogP contribution < -0.4 is 5.32 Å². The van der Waals surface area contributed by atoms with Crippen molar-refractivity contribution in [1.29, 1.82) is 0 Å². The minimum Gasteiger partial charge on any atom is -0.457 e. The molecular formula is C18H19NO2. The number of hydrogen-bond donors (Lipinski definition) is 1. The normalized spacial score (nSPS) is 21.7. The molecule has 1 N–H and O–H groups in total. The van der Waals surface area contributed by atoms with E-state index in [0.29, 0.717) is 12.1 Å². The van der Waals surface area contributed by atoms with E-state index in [1.807, 2.05) is 36.4 Å². The molecule has 0 aromatic heterocycles. The Balaban J connectivity index is 1.75. The Kier molecular flexibility index (Phi) is 4.31. The van der Waals surface area contributed by atoms with Crippen LogP contribution >= 0.6 is 0 Å². The van der Waals surface area contributed by atoms with Crippen molar-refractivity contribution in [3.63, 3.8) is 0 Å². The Morgan fingerprint density at radius 2 is 1.67 bits per heavy atom. The molecule has 0 spiro atoms. The topological polar surface area (TPSA) is 38.3 Å². The van der Waals surface area contributed by atoms with Crippen LogP contribution in [0.15, 0.2) is 60.7 Å². The first-order chi connectivity index (χ1) is 10.3. The van der Waals surface area contributed by atoms with Gasteiger partial charge in [0, 0.05) is 12.5 Å². The van der Waals surface area contributed by atoms with Gasteiger partial charge in [0.1, 0.15) is 6.10 Å². The molecule has 1 heterocycles. The first-order valence-electron chi connectivity index (χ1n) is 7.36. The second kappa shape index (κ2) is 6.55. The lowest BCUT2D eigenvalue weighted by atomic mass is 9.88. The zero-order valence-electron chi connectivity index (χ0n) is 11.9. The van der Waals surface area contributed by atoms with Crippen molar-refractivity contribution in [2.75, 3.05) is 13.1 Å². The molecule has 1 aliphatic heterocycles. The molecule has 0 aliphatic carbocycles. The van der Waals surface area contributed by atoms with Crippen molar-refractivity contribution < 1.29 is 9.53 Å². The molecule has 3 rings (SSSR count). The lowest BCUT2D eigenvalue weighted by molar-refractivity contribution is 0.0182. The molecule has 1 aliphatic rings. The zero-order valence-corrected chi connectivity index (χ0v) is 11.9. The van der Waals surface area contributed by atoms with Gasteiger partial charge in [-0.15, -0.1) is 0 Å². The number of carbonyl (C=O) groups is 1. The molecule has 0 radical (unpaired) electrons. The van der Waals surface area contributed by atoms with Crippen LogP contribution in [0.1, 0.15) is 28.3 Å². The average molecular weight is 281 g/mol. The fraction of sp³-hybridized carbons (Fsp3) is 0.278. The predicted molar refractivity (Wildman–Crippen MR) is 82.3 cm³/mol. The maximum atomic E-state index is 12.2. The second-order valence-electron chi connectivity index (χ2n) is 5.32. The SMILES string of the molecule is O=C(O[C@H]1CNCC[C@@H]1c1ccccc1)c1ccccc1. The van der Waals surface area contributed by atoms with Crippen LogP contribution in [0, 0.1) is 0 Å². The highest BCUT2D eigenvalue weighted by Gasteiger charge is 2.29. The van der Waals surface area contributed by atoms with Gasteiger partial charge in [0.05, 0.1) is 5.56 Å². The maximum Gasteiger partial charge on any atom is 0.338 e. The molecule has 1 fully saturated rings. The molecule has 21 heavy (non-hydrogen) atoms. The molecule has 2 atom stereocenters.